The van der Waals surface area contributed by atoms with Crippen LogP contribution in [0, 0.1) is 0 Å². The molecule has 1 saturated carbocycles. The van der Waals surface area contributed by atoms with Gasteiger partial charge in [-0.05, 0) is 54.2 Å². The Bertz CT molecular complexity index is 1320. The minimum Gasteiger partial charge on any atom is -0.497 e. The number of nitrogen functional groups attached to an aromatic ring is 1. The molecule has 1 aliphatic carbocycles. The summed E-state index contributed by atoms with van der Waals surface area (Å²) in [7, 11) is 5.37. The maximum atomic E-state index is 14.2. The highest BCUT2D eigenvalue weighted by Crippen LogP contribution is 2.35. The minimum atomic E-state index is -1.04. The molecule has 4 rings (SSSR count). The predicted octanol–water partition coefficient (Wildman–Crippen LogP) is 3.35. The van der Waals surface area contributed by atoms with Gasteiger partial charge in [-0.25, -0.2) is 0 Å². The molecule has 1 aliphatic rings. The minimum absolute atomic E-state index is 0.0187. The molecular formula is C27H32N6O4S. The zero-order valence-electron chi connectivity index (χ0n) is 21.6. The number of aromatic nitrogens is 1. The van der Waals surface area contributed by atoms with Crippen LogP contribution in [0.3, 0.4) is 0 Å². The van der Waals surface area contributed by atoms with Crippen LogP contribution in [0.2, 0.25) is 0 Å². The van der Waals surface area contributed by atoms with Crippen molar-refractivity contribution < 1.29 is 19.1 Å². The molecule has 1 fully saturated rings. The van der Waals surface area contributed by atoms with Gasteiger partial charge in [0.15, 0.2) is 5.69 Å². The number of hydrogen-bond donors (Lipinski definition) is 3. The van der Waals surface area contributed by atoms with E-state index in [-0.39, 0.29) is 28.2 Å². The summed E-state index contributed by atoms with van der Waals surface area (Å²) >= 11 is 0.772. The highest BCUT2D eigenvalue weighted by molar-refractivity contribution is 7.09. The van der Waals surface area contributed by atoms with Crippen LogP contribution >= 0.6 is 11.5 Å². The third kappa shape index (κ3) is 5.57. The Morgan fingerprint density at radius 2 is 1.76 bits per heavy atom. The van der Waals surface area contributed by atoms with Gasteiger partial charge in [0.05, 0.1) is 12.8 Å². The number of carbonyl (C=O) groups is 3. The SMILES string of the molecule is COc1cccc(N(C(=O)c2snc(C(N)=O)c2N)[C@H](C(=O)NC2CCCC2)c2ccc(N(C)C)cc2)c1. The number of nitrogens with zero attached hydrogens (tertiary/aromatic N) is 3. The number of carbonyl (C=O) groups excluding carboxylic acids is 3. The molecule has 0 spiro atoms. The molecule has 200 valence electrons. The lowest BCUT2D eigenvalue weighted by Crippen LogP contribution is -2.46. The third-order valence-electron chi connectivity index (χ3n) is 6.64. The second-order valence-electron chi connectivity index (χ2n) is 9.39. The normalized spacial score (nSPS) is 14.1. The van der Waals surface area contributed by atoms with Crippen LogP contribution in [0.4, 0.5) is 17.1 Å². The summed E-state index contributed by atoms with van der Waals surface area (Å²) in [5.41, 5.74) is 13.2. The number of anilines is 3. The summed E-state index contributed by atoms with van der Waals surface area (Å²) in [5, 5.41) is 3.15. The monoisotopic (exact) mass is 536 g/mol. The van der Waals surface area contributed by atoms with Gasteiger partial charge in [0.1, 0.15) is 16.7 Å². The van der Waals surface area contributed by atoms with Crippen LogP contribution < -0.4 is 31.3 Å². The van der Waals surface area contributed by atoms with Crippen molar-refractivity contribution in [1.29, 1.82) is 0 Å². The number of ether oxygens (including phenoxy) is 1. The van der Waals surface area contributed by atoms with Crippen molar-refractivity contribution in [3.63, 3.8) is 0 Å². The van der Waals surface area contributed by atoms with Crippen LogP contribution in [0.15, 0.2) is 48.5 Å². The zero-order valence-corrected chi connectivity index (χ0v) is 22.5. The second kappa shape index (κ2) is 11.5. The molecule has 11 heteroatoms. The number of benzene rings is 2. The van der Waals surface area contributed by atoms with E-state index in [0.717, 1.165) is 42.9 Å². The molecule has 2 aromatic carbocycles. The molecule has 10 nitrogen and oxygen atoms in total. The fraction of sp³-hybridized carbons (Fsp3) is 0.333. The van der Waals surface area contributed by atoms with E-state index < -0.39 is 17.9 Å². The van der Waals surface area contributed by atoms with Crippen molar-refractivity contribution in [3.8, 4) is 5.75 Å². The van der Waals surface area contributed by atoms with E-state index in [1.54, 1.807) is 24.3 Å². The van der Waals surface area contributed by atoms with Crippen LogP contribution in [-0.4, -0.2) is 49.3 Å². The summed E-state index contributed by atoms with van der Waals surface area (Å²) in [4.78, 5) is 43.3. The highest BCUT2D eigenvalue weighted by atomic mass is 32.1. The van der Waals surface area contributed by atoms with E-state index in [0.29, 0.717) is 17.0 Å². The van der Waals surface area contributed by atoms with Crippen LogP contribution in [0.25, 0.3) is 0 Å². The fourth-order valence-corrected chi connectivity index (χ4v) is 5.35. The predicted molar refractivity (Wildman–Crippen MR) is 149 cm³/mol. The Labute approximate surface area is 225 Å². The molecule has 3 aromatic rings. The Balaban J connectivity index is 1.87. The van der Waals surface area contributed by atoms with Crippen molar-refractivity contribution in [1.82, 2.24) is 9.69 Å². The van der Waals surface area contributed by atoms with E-state index in [9.17, 15) is 14.4 Å². The average Bonchev–Trinajstić information content (AvgIpc) is 3.56. The van der Waals surface area contributed by atoms with Crippen molar-refractivity contribution in [2.45, 2.75) is 37.8 Å². The molecule has 0 radical (unpaired) electrons. The maximum Gasteiger partial charge on any atom is 0.273 e. The molecule has 3 amide bonds. The number of nitrogens with two attached hydrogens (primary N) is 2. The van der Waals surface area contributed by atoms with Gasteiger partial charge in [0, 0.05) is 37.6 Å². The maximum absolute atomic E-state index is 14.2. The van der Waals surface area contributed by atoms with Crippen LogP contribution in [0.1, 0.15) is 57.4 Å². The van der Waals surface area contributed by atoms with Gasteiger partial charge in [-0.3, -0.25) is 19.3 Å². The quantitative estimate of drug-likeness (QED) is 0.380. The number of amides is 3. The van der Waals surface area contributed by atoms with Crippen molar-refractivity contribution in [2.75, 3.05) is 36.7 Å². The summed E-state index contributed by atoms with van der Waals surface area (Å²) < 4.78 is 9.41. The Morgan fingerprint density at radius 1 is 1.08 bits per heavy atom. The number of primary amides is 1. The first-order valence-electron chi connectivity index (χ1n) is 12.3. The van der Waals surface area contributed by atoms with E-state index >= 15 is 0 Å². The van der Waals surface area contributed by atoms with E-state index in [1.807, 2.05) is 43.3 Å². The fourth-order valence-electron chi connectivity index (χ4n) is 4.61. The number of hydrogen-bond acceptors (Lipinski definition) is 8. The Hall–Kier alpha value is -4.12. The molecule has 1 atom stereocenters. The molecule has 1 aromatic heterocycles. The molecule has 5 N–H and O–H groups in total. The highest BCUT2D eigenvalue weighted by Gasteiger charge is 2.37. The summed E-state index contributed by atoms with van der Waals surface area (Å²) in [6, 6.07) is 13.3. The first-order valence-corrected chi connectivity index (χ1v) is 13.1. The number of rotatable bonds is 9. The Morgan fingerprint density at radius 3 is 2.34 bits per heavy atom. The smallest absolute Gasteiger partial charge is 0.273 e. The van der Waals surface area contributed by atoms with Gasteiger partial charge >= 0.3 is 0 Å². The van der Waals surface area contributed by atoms with Crippen molar-refractivity contribution in [3.05, 3.63) is 64.7 Å². The first kappa shape index (κ1) is 26.9. The van der Waals surface area contributed by atoms with Crippen molar-refractivity contribution >= 4 is 46.3 Å². The van der Waals surface area contributed by atoms with Crippen molar-refractivity contribution in [2.24, 2.45) is 5.73 Å². The van der Waals surface area contributed by atoms with Gasteiger partial charge in [-0.2, -0.15) is 4.37 Å². The molecule has 1 heterocycles. The summed E-state index contributed by atoms with van der Waals surface area (Å²) in [6.45, 7) is 0. The van der Waals surface area contributed by atoms with E-state index in [4.69, 9.17) is 16.2 Å². The Kier molecular flexibility index (Phi) is 8.16. The molecular weight excluding hydrogens is 504 g/mol. The number of nitrogens with one attached hydrogen (secondary N) is 1. The van der Waals surface area contributed by atoms with E-state index in [2.05, 4.69) is 9.69 Å². The lowest BCUT2D eigenvalue weighted by Gasteiger charge is -2.32. The lowest BCUT2D eigenvalue weighted by molar-refractivity contribution is -0.123. The molecule has 0 aliphatic heterocycles. The zero-order chi connectivity index (χ0) is 27.4. The average molecular weight is 537 g/mol. The molecule has 0 saturated heterocycles. The van der Waals surface area contributed by atoms with Gasteiger partial charge in [-0.15, -0.1) is 0 Å². The van der Waals surface area contributed by atoms with Crippen LogP contribution in [-0.2, 0) is 4.79 Å². The largest absolute Gasteiger partial charge is 0.497 e. The molecule has 0 bridgehead atoms. The van der Waals surface area contributed by atoms with Crippen LogP contribution in [0.5, 0.6) is 5.75 Å². The van der Waals surface area contributed by atoms with Gasteiger partial charge in [-0.1, -0.05) is 31.0 Å². The summed E-state index contributed by atoms with van der Waals surface area (Å²) in [5.74, 6) is -1.22. The topological polar surface area (TPSA) is 144 Å². The lowest BCUT2D eigenvalue weighted by atomic mass is 10.0. The second-order valence-corrected chi connectivity index (χ2v) is 10.2. The van der Waals surface area contributed by atoms with Gasteiger partial charge in [0.25, 0.3) is 11.8 Å². The number of methoxy groups -OCH3 is 1. The van der Waals surface area contributed by atoms with Gasteiger partial charge < -0.3 is 26.4 Å². The first-order chi connectivity index (χ1) is 18.2. The molecule has 38 heavy (non-hydrogen) atoms. The molecule has 0 unspecified atom stereocenters. The standard InChI is InChI=1S/C27H32N6O4S/c1-32(2)18-13-11-16(12-14-18)23(26(35)30-17-7-4-5-8-17)33(19-9-6-10-20(15-19)37-3)27(36)24-21(28)22(25(29)34)31-38-24/h6,9-15,17,23H,4-5,7-8,28H2,1-3H3,(H2,29,34)(H,30,35)/t23-/m0/s1. The van der Waals surface area contributed by atoms with E-state index in [1.165, 1.54) is 12.0 Å². The summed E-state index contributed by atoms with van der Waals surface area (Å²) in [6.07, 6.45) is 3.85. The third-order valence-corrected chi connectivity index (χ3v) is 7.49. The van der Waals surface area contributed by atoms with Gasteiger partial charge in [0.2, 0.25) is 5.91 Å².